The largest absolute Gasteiger partial charge is 0.286 e. The van der Waals surface area contributed by atoms with Gasteiger partial charge in [0.15, 0.2) is 0 Å². The molecule has 6 nitrogen and oxygen atoms in total. The summed E-state index contributed by atoms with van der Waals surface area (Å²) < 4.78 is 25.6. The zero-order valence-electron chi connectivity index (χ0n) is 10.1. The third-order valence-electron chi connectivity index (χ3n) is 2.90. The molecule has 2 aromatic rings. The van der Waals surface area contributed by atoms with Gasteiger partial charge in [0.1, 0.15) is 0 Å². The summed E-state index contributed by atoms with van der Waals surface area (Å²) in [4.78, 5) is 23.0. The number of rotatable bonds is 2. The summed E-state index contributed by atoms with van der Waals surface area (Å²) in [7, 11) is -3.89. The summed E-state index contributed by atoms with van der Waals surface area (Å²) in [6.07, 6.45) is 3.43. The molecule has 1 aliphatic carbocycles. The molecule has 0 saturated carbocycles. The molecule has 0 atom stereocenters. The maximum absolute atomic E-state index is 12.4. The van der Waals surface area contributed by atoms with Gasteiger partial charge in [0.2, 0.25) is 11.6 Å². The van der Waals surface area contributed by atoms with Crippen molar-refractivity contribution in [3.63, 3.8) is 0 Å². The van der Waals surface area contributed by atoms with Gasteiger partial charge in [-0.3, -0.25) is 9.59 Å². The summed E-state index contributed by atoms with van der Waals surface area (Å²) >= 11 is 0. The first-order valence-corrected chi connectivity index (χ1v) is 7.11. The van der Waals surface area contributed by atoms with Crippen LogP contribution in [0.15, 0.2) is 47.5 Å². The SMILES string of the molecule is O=C1C=Cc2c(cnn2S(=O)(=O)c2ccccc2)C1=O. The van der Waals surface area contributed by atoms with Crippen molar-refractivity contribution in [2.24, 2.45) is 0 Å². The van der Waals surface area contributed by atoms with E-state index in [0.29, 0.717) is 0 Å². The van der Waals surface area contributed by atoms with Crippen LogP contribution >= 0.6 is 0 Å². The Morgan fingerprint density at radius 1 is 1.00 bits per heavy atom. The Bertz CT molecular complexity index is 848. The fraction of sp³-hybridized carbons (Fsp3) is 0. The Kier molecular flexibility index (Phi) is 2.65. The Balaban J connectivity index is 2.20. The summed E-state index contributed by atoms with van der Waals surface area (Å²) in [5.74, 6) is -1.44. The smallest absolute Gasteiger partial charge is 0.283 e. The third-order valence-corrected chi connectivity index (χ3v) is 4.52. The molecule has 0 N–H and O–H groups in total. The van der Waals surface area contributed by atoms with Crippen LogP contribution in [0.2, 0.25) is 0 Å². The summed E-state index contributed by atoms with van der Waals surface area (Å²) in [5, 5.41) is 3.74. The number of Topliss-reactive ketones (excluding diaryl/α,β-unsaturated/α-hetero) is 1. The summed E-state index contributed by atoms with van der Waals surface area (Å²) in [6.45, 7) is 0. The molecule has 3 rings (SSSR count). The highest BCUT2D eigenvalue weighted by Crippen LogP contribution is 2.22. The highest BCUT2D eigenvalue weighted by Gasteiger charge is 2.29. The molecule has 20 heavy (non-hydrogen) atoms. The number of ketones is 2. The van der Waals surface area contributed by atoms with Crippen LogP contribution in [-0.4, -0.2) is 29.2 Å². The van der Waals surface area contributed by atoms with Crippen LogP contribution in [-0.2, 0) is 14.8 Å². The van der Waals surface area contributed by atoms with Crippen LogP contribution in [0.25, 0.3) is 6.08 Å². The van der Waals surface area contributed by atoms with E-state index in [1.807, 2.05) is 0 Å². The Morgan fingerprint density at radius 3 is 2.40 bits per heavy atom. The molecular formula is C13H8N2O4S. The number of nitrogens with zero attached hydrogens (tertiary/aromatic N) is 2. The maximum atomic E-state index is 12.4. The van der Waals surface area contributed by atoms with Gasteiger partial charge >= 0.3 is 0 Å². The van der Waals surface area contributed by atoms with E-state index >= 15 is 0 Å². The fourth-order valence-electron chi connectivity index (χ4n) is 1.92. The lowest BCUT2D eigenvalue weighted by Gasteiger charge is -2.08. The standard InChI is InChI=1S/C13H8N2O4S/c16-12-7-6-11-10(13(12)17)8-14-15(11)20(18,19)9-4-2-1-3-5-9/h1-8H. The maximum Gasteiger partial charge on any atom is 0.283 e. The molecule has 7 heteroatoms. The number of fused-ring (bicyclic) bond motifs is 1. The second-order valence-electron chi connectivity index (χ2n) is 4.13. The topological polar surface area (TPSA) is 86.1 Å². The van der Waals surface area contributed by atoms with Crippen molar-refractivity contribution in [3.8, 4) is 0 Å². The van der Waals surface area contributed by atoms with Crippen molar-refractivity contribution < 1.29 is 18.0 Å². The molecule has 0 spiro atoms. The van der Waals surface area contributed by atoms with Crippen molar-refractivity contribution in [2.45, 2.75) is 4.90 Å². The van der Waals surface area contributed by atoms with Crippen molar-refractivity contribution in [1.82, 2.24) is 9.19 Å². The molecule has 1 aromatic heterocycles. The van der Waals surface area contributed by atoms with Crippen LogP contribution in [0.4, 0.5) is 0 Å². The number of carbonyl (C=O) groups is 2. The first-order valence-electron chi connectivity index (χ1n) is 5.67. The van der Waals surface area contributed by atoms with Crippen LogP contribution in [0, 0.1) is 0 Å². The van der Waals surface area contributed by atoms with E-state index < -0.39 is 21.6 Å². The average Bonchev–Trinajstić information content (AvgIpc) is 2.89. The van der Waals surface area contributed by atoms with Crippen molar-refractivity contribution in [3.05, 3.63) is 53.9 Å². The lowest BCUT2D eigenvalue weighted by Crippen LogP contribution is -2.20. The number of benzene rings is 1. The quantitative estimate of drug-likeness (QED) is 0.766. The van der Waals surface area contributed by atoms with Crippen molar-refractivity contribution in [1.29, 1.82) is 0 Å². The molecule has 0 radical (unpaired) electrons. The zero-order valence-corrected chi connectivity index (χ0v) is 10.9. The van der Waals surface area contributed by atoms with E-state index in [2.05, 4.69) is 5.10 Å². The number of aromatic nitrogens is 2. The Labute approximate surface area is 114 Å². The molecule has 1 aliphatic rings. The van der Waals surface area contributed by atoms with Crippen LogP contribution in [0.3, 0.4) is 0 Å². The van der Waals surface area contributed by atoms with Gasteiger partial charge in [0, 0.05) is 0 Å². The molecule has 0 saturated heterocycles. The van der Waals surface area contributed by atoms with Gasteiger partial charge in [-0.05, 0) is 24.3 Å². The zero-order chi connectivity index (χ0) is 14.3. The van der Waals surface area contributed by atoms with Gasteiger partial charge in [0.25, 0.3) is 10.0 Å². The minimum absolute atomic E-state index is 0.00277. The second-order valence-corrected chi connectivity index (χ2v) is 5.90. The van der Waals surface area contributed by atoms with Crippen LogP contribution in [0.1, 0.15) is 16.1 Å². The molecular weight excluding hydrogens is 280 g/mol. The number of allylic oxidation sites excluding steroid dienone is 1. The highest BCUT2D eigenvalue weighted by molar-refractivity contribution is 7.89. The molecule has 1 aromatic carbocycles. The molecule has 0 unspecified atom stereocenters. The van der Waals surface area contributed by atoms with Crippen molar-refractivity contribution >= 4 is 27.7 Å². The molecule has 0 amide bonds. The average molecular weight is 288 g/mol. The van der Waals surface area contributed by atoms with Crippen LogP contribution in [0.5, 0.6) is 0 Å². The minimum atomic E-state index is -3.89. The van der Waals surface area contributed by atoms with E-state index in [9.17, 15) is 18.0 Å². The Morgan fingerprint density at radius 2 is 1.70 bits per heavy atom. The van der Waals surface area contributed by atoms with Gasteiger partial charge in [0.05, 0.1) is 22.3 Å². The monoisotopic (exact) mass is 288 g/mol. The van der Waals surface area contributed by atoms with Crippen LogP contribution < -0.4 is 0 Å². The lowest BCUT2D eigenvalue weighted by atomic mass is 10.0. The number of hydrogen-bond acceptors (Lipinski definition) is 5. The lowest BCUT2D eigenvalue weighted by molar-refractivity contribution is -0.110. The predicted molar refractivity (Wildman–Crippen MR) is 69.6 cm³/mol. The van der Waals surface area contributed by atoms with Gasteiger partial charge in [-0.1, -0.05) is 18.2 Å². The molecule has 0 aliphatic heterocycles. The van der Waals surface area contributed by atoms with E-state index in [0.717, 1.165) is 16.4 Å². The second kappa shape index (κ2) is 4.24. The van der Waals surface area contributed by atoms with Gasteiger partial charge < -0.3 is 0 Å². The van der Waals surface area contributed by atoms with E-state index in [1.54, 1.807) is 18.2 Å². The van der Waals surface area contributed by atoms with Gasteiger partial charge in [-0.15, -0.1) is 0 Å². The van der Waals surface area contributed by atoms with Gasteiger partial charge in [-0.2, -0.15) is 17.6 Å². The fourth-order valence-corrected chi connectivity index (χ4v) is 3.21. The Hall–Kier alpha value is -2.54. The number of carbonyl (C=O) groups excluding carboxylic acids is 2. The molecule has 100 valence electrons. The summed E-state index contributed by atoms with van der Waals surface area (Å²) in [6, 6.07) is 7.74. The van der Waals surface area contributed by atoms with Gasteiger partial charge in [-0.25, -0.2) is 0 Å². The van der Waals surface area contributed by atoms with E-state index in [1.165, 1.54) is 18.2 Å². The minimum Gasteiger partial charge on any atom is -0.286 e. The normalized spacial score (nSPS) is 14.4. The van der Waals surface area contributed by atoms with Crippen molar-refractivity contribution in [2.75, 3.05) is 0 Å². The predicted octanol–water partition coefficient (Wildman–Crippen LogP) is 0.899. The van der Waals surface area contributed by atoms with E-state index in [-0.39, 0.29) is 16.2 Å². The molecule has 0 bridgehead atoms. The number of hydrogen-bond donors (Lipinski definition) is 0. The first kappa shape index (κ1) is 12.5. The molecule has 0 fully saturated rings. The summed E-state index contributed by atoms with van der Waals surface area (Å²) in [5.41, 5.74) is 0.0930. The first-order chi connectivity index (χ1) is 9.51. The highest BCUT2D eigenvalue weighted by atomic mass is 32.2. The van der Waals surface area contributed by atoms with E-state index in [4.69, 9.17) is 0 Å². The molecule has 1 heterocycles. The third kappa shape index (κ3) is 1.71.